The largest absolute Gasteiger partial charge is 0.511 e. The number of carbonyl (C=O) groups excluding carboxylic acids is 3. The van der Waals surface area contributed by atoms with Crippen molar-refractivity contribution in [2.45, 2.75) is 67.7 Å². The first-order valence-corrected chi connectivity index (χ1v) is 9.41. The van der Waals surface area contributed by atoms with Gasteiger partial charge in [0.25, 0.3) is 0 Å². The molecule has 0 amide bonds. The van der Waals surface area contributed by atoms with E-state index in [0.717, 1.165) is 11.1 Å². The lowest BCUT2D eigenvalue weighted by molar-refractivity contribution is -0.127. The lowest BCUT2D eigenvalue weighted by Crippen LogP contribution is -2.38. The molecule has 28 heavy (non-hydrogen) atoms. The first-order chi connectivity index (χ1) is 12.9. The molecule has 0 spiro atoms. The minimum atomic E-state index is -1.24. The summed E-state index contributed by atoms with van der Waals surface area (Å²) < 4.78 is 0. The van der Waals surface area contributed by atoms with E-state index in [1.165, 1.54) is 0 Å². The fourth-order valence-corrected chi connectivity index (χ4v) is 2.92. The molecule has 156 valence electrons. The second-order valence-corrected chi connectivity index (χ2v) is 8.20. The van der Waals surface area contributed by atoms with Crippen molar-refractivity contribution in [1.29, 1.82) is 0 Å². The van der Waals surface area contributed by atoms with Crippen LogP contribution in [0.2, 0.25) is 0 Å². The zero-order valence-corrected chi connectivity index (χ0v) is 18.2. The fraction of sp³-hybridized carbons (Fsp3) is 0.522. The predicted octanol–water partition coefficient (Wildman–Crippen LogP) is 5.34. The van der Waals surface area contributed by atoms with Crippen LogP contribution in [0.25, 0.3) is 0 Å². The molecule has 5 nitrogen and oxygen atoms in total. The number of rotatable bonds is 7. The molecule has 0 bridgehead atoms. The Labute approximate surface area is 168 Å². The highest BCUT2D eigenvalue weighted by molar-refractivity contribution is 6.24. The summed E-state index contributed by atoms with van der Waals surface area (Å²) in [6.07, 6.45) is 4.48. The Bertz CT molecular complexity index is 726. The van der Waals surface area contributed by atoms with Crippen molar-refractivity contribution in [3.63, 3.8) is 0 Å². The van der Waals surface area contributed by atoms with Gasteiger partial charge < -0.3 is 15.0 Å². The van der Waals surface area contributed by atoms with Gasteiger partial charge in [-0.15, -0.1) is 0 Å². The molecule has 2 N–H and O–H groups in total. The molecule has 0 aliphatic heterocycles. The van der Waals surface area contributed by atoms with Crippen LogP contribution in [0.4, 0.5) is 0 Å². The monoisotopic (exact) mass is 390 g/mol. The third-order valence-electron chi connectivity index (χ3n) is 4.56. The Morgan fingerprint density at radius 3 is 2.00 bits per heavy atom. The number of Topliss-reactive ketones (excluding diaryl/α,β-unsaturated/α-hetero) is 2. The van der Waals surface area contributed by atoms with Gasteiger partial charge in [0.2, 0.25) is 0 Å². The topological polar surface area (TPSA) is 91.7 Å². The highest BCUT2D eigenvalue weighted by Crippen LogP contribution is 2.43. The molecular formula is C23H34O5. The number of hydrogen-bond acceptors (Lipinski definition) is 5. The van der Waals surface area contributed by atoms with Crippen LogP contribution in [-0.2, 0) is 14.4 Å². The summed E-state index contributed by atoms with van der Waals surface area (Å²) in [7, 11) is 0. The number of aliphatic hydroxyl groups is 2. The van der Waals surface area contributed by atoms with E-state index in [1.54, 1.807) is 6.92 Å². The summed E-state index contributed by atoms with van der Waals surface area (Å²) >= 11 is 0. The van der Waals surface area contributed by atoms with Crippen molar-refractivity contribution >= 4 is 18.4 Å². The third-order valence-corrected chi connectivity index (χ3v) is 4.56. The van der Waals surface area contributed by atoms with Gasteiger partial charge in [-0.2, -0.15) is 0 Å². The summed E-state index contributed by atoms with van der Waals surface area (Å²) in [5.41, 5.74) is 0.902. The van der Waals surface area contributed by atoms with Crippen molar-refractivity contribution in [1.82, 2.24) is 0 Å². The molecule has 1 aliphatic carbocycles. The molecule has 0 aromatic carbocycles. The van der Waals surface area contributed by atoms with Crippen LogP contribution < -0.4 is 0 Å². The van der Waals surface area contributed by atoms with Gasteiger partial charge >= 0.3 is 0 Å². The van der Waals surface area contributed by atoms with E-state index in [-0.39, 0.29) is 53.6 Å². The van der Waals surface area contributed by atoms with Gasteiger partial charge in [0.15, 0.2) is 11.6 Å². The van der Waals surface area contributed by atoms with Gasteiger partial charge in [0.05, 0.1) is 5.41 Å². The van der Waals surface area contributed by atoms with E-state index in [2.05, 4.69) is 0 Å². The lowest BCUT2D eigenvalue weighted by Gasteiger charge is -2.33. The van der Waals surface area contributed by atoms with Gasteiger partial charge in [-0.3, -0.25) is 9.59 Å². The van der Waals surface area contributed by atoms with Crippen molar-refractivity contribution in [2.75, 3.05) is 0 Å². The highest BCUT2D eigenvalue weighted by Gasteiger charge is 2.47. The van der Waals surface area contributed by atoms with Crippen LogP contribution in [0.15, 0.2) is 46.0 Å². The van der Waals surface area contributed by atoms with Crippen LogP contribution in [0.3, 0.4) is 0 Å². The Hall–Kier alpha value is -2.43. The minimum Gasteiger partial charge on any atom is -0.511 e. The van der Waals surface area contributed by atoms with Crippen LogP contribution >= 0.6 is 0 Å². The second-order valence-electron chi connectivity index (χ2n) is 8.20. The average molecular weight is 391 g/mol. The van der Waals surface area contributed by atoms with Crippen molar-refractivity contribution < 1.29 is 24.6 Å². The average Bonchev–Trinajstić information content (AvgIpc) is 2.59. The van der Waals surface area contributed by atoms with E-state index in [9.17, 15) is 19.8 Å². The van der Waals surface area contributed by atoms with E-state index in [4.69, 9.17) is 4.79 Å². The summed E-state index contributed by atoms with van der Waals surface area (Å²) in [5, 5.41) is 21.5. The maximum absolute atomic E-state index is 13.1. The van der Waals surface area contributed by atoms with Gasteiger partial charge in [-0.1, -0.05) is 37.1 Å². The summed E-state index contributed by atoms with van der Waals surface area (Å²) in [6, 6.07) is 0. The maximum atomic E-state index is 13.1. The molecule has 0 aromatic rings. The summed E-state index contributed by atoms with van der Waals surface area (Å²) in [4.78, 5) is 33.8. The molecule has 0 saturated carbocycles. The molecule has 0 unspecified atom stereocenters. The molecule has 1 aliphatic rings. The Morgan fingerprint density at radius 2 is 1.57 bits per heavy atom. The van der Waals surface area contributed by atoms with Crippen molar-refractivity contribution in [3.05, 3.63) is 46.0 Å². The van der Waals surface area contributed by atoms with Crippen molar-refractivity contribution in [2.24, 2.45) is 11.3 Å². The lowest BCUT2D eigenvalue weighted by atomic mass is 9.69. The SMILES string of the molecule is C=O.CC(C)=CCC1=C(O)[C@@](C)(CC=C(C)C)C(=O)C(C(=O)CC(C)C)=C1O. The molecule has 1 atom stereocenters. The van der Waals surface area contributed by atoms with Gasteiger partial charge in [-0.25, -0.2) is 0 Å². The quantitative estimate of drug-likeness (QED) is 0.452. The molecule has 0 radical (unpaired) electrons. The molecule has 0 saturated heterocycles. The highest BCUT2D eigenvalue weighted by atomic mass is 16.3. The molecule has 0 fully saturated rings. The van der Waals surface area contributed by atoms with Gasteiger partial charge in [0.1, 0.15) is 23.9 Å². The zero-order chi connectivity index (χ0) is 22.2. The maximum Gasteiger partial charge on any atom is 0.183 e. The van der Waals surface area contributed by atoms with Gasteiger partial charge in [-0.05, 0) is 53.4 Å². The Morgan fingerprint density at radius 1 is 1.07 bits per heavy atom. The fourth-order valence-electron chi connectivity index (χ4n) is 2.92. The van der Waals surface area contributed by atoms with E-state index in [1.807, 2.05) is 60.5 Å². The number of carbonyl (C=O) groups is 3. The van der Waals surface area contributed by atoms with E-state index in [0.29, 0.717) is 0 Å². The number of ketones is 2. The first kappa shape index (κ1) is 25.6. The van der Waals surface area contributed by atoms with Crippen LogP contribution in [-0.4, -0.2) is 28.6 Å². The molecule has 0 heterocycles. The van der Waals surface area contributed by atoms with Crippen molar-refractivity contribution in [3.8, 4) is 0 Å². The van der Waals surface area contributed by atoms with E-state index < -0.39 is 11.2 Å². The third kappa shape index (κ3) is 6.04. The summed E-state index contributed by atoms with van der Waals surface area (Å²) in [5.74, 6) is -1.31. The first-order valence-electron chi connectivity index (χ1n) is 9.41. The zero-order valence-electron chi connectivity index (χ0n) is 18.2. The second kappa shape index (κ2) is 10.8. The smallest absolute Gasteiger partial charge is 0.183 e. The minimum absolute atomic E-state index is 0.0698. The Balaban J connectivity index is 0.00000352. The number of hydrogen-bond donors (Lipinski definition) is 2. The number of aliphatic hydroxyl groups excluding tert-OH is 2. The summed E-state index contributed by atoms with van der Waals surface area (Å²) in [6.45, 7) is 15.1. The normalized spacial score (nSPS) is 19.2. The van der Waals surface area contributed by atoms with Crippen LogP contribution in [0.5, 0.6) is 0 Å². The van der Waals surface area contributed by atoms with Crippen LogP contribution in [0.1, 0.15) is 67.7 Å². The van der Waals surface area contributed by atoms with Gasteiger partial charge in [0, 0.05) is 12.0 Å². The molecule has 1 rings (SSSR count). The van der Waals surface area contributed by atoms with E-state index >= 15 is 0 Å². The standard InChI is InChI=1S/C22H32O4.CH2O/c1-13(2)8-9-16-19(24)18(17(23)12-15(5)6)21(26)22(7,20(16)25)11-10-14(3)4;1-2/h8,10,15,24-25H,9,11-12H2,1-7H3;1H2/t22-;/m1./s1. The predicted molar refractivity (Wildman–Crippen MR) is 112 cm³/mol. The molecule has 5 heteroatoms. The number of allylic oxidation sites excluding steroid dienone is 7. The molecule has 0 aromatic heterocycles. The van der Waals surface area contributed by atoms with Crippen LogP contribution in [0, 0.1) is 11.3 Å². The Kier molecular flexibility index (Phi) is 9.85. The molecular weight excluding hydrogens is 356 g/mol.